The van der Waals surface area contributed by atoms with Crippen LogP contribution < -0.4 is 5.73 Å². The van der Waals surface area contributed by atoms with Gasteiger partial charge in [-0.05, 0) is 35.1 Å². The zero-order valence-corrected chi connectivity index (χ0v) is 11.5. The molecule has 0 heterocycles. The van der Waals surface area contributed by atoms with Crippen molar-refractivity contribution in [1.29, 1.82) is 0 Å². The highest BCUT2D eigenvalue weighted by molar-refractivity contribution is 5.73. The van der Waals surface area contributed by atoms with Crippen LogP contribution in [0.2, 0.25) is 0 Å². The van der Waals surface area contributed by atoms with Crippen LogP contribution >= 0.6 is 0 Å². The fourth-order valence-electron chi connectivity index (χ4n) is 2.11. The fourth-order valence-corrected chi connectivity index (χ4v) is 2.11. The van der Waals surface area contributed by atoms with E-state index in [0.29, 0.717) is 6.42 Å². The summed E-state index contributed by atoms with van der Waals surface area (Å²) in [5.41, 5.74) is 10.1. The first-order valence-corrected chi connectivity index (χ1v) is 6.76. The van der Waals surface area contributed by atoms with Crippen LogP contribution in [-0.2, 0) is 17.6 Å². The number of aliphatic carboxylic acids is 1. The molecule has 0 radical (unpaired) electrons. The smallest absolute Gasteiger partial charge is 0.320 e. The van der Waals surface area contributed by atoms with Gasteiger partial charge in [0.2, 0.25) is 0 Å². The van der Waals surface area contributed by atoms with E-state index in [9.17, 15) is 4.79 Å². The Bertz CT molecular complexity index is 573. The second kappa shape index (κ2) is 6.35. The van der Waals surface area contributed by atoms with E-state index in [2.05, 4.69) is 31.2 Å². The summed E-state index contributed by atoms with van der Waals surface area (Å²) in [4.78, 5) is 10.7. The molecule has 2 rings (SSSR count). The molecule has 2 aromatic rings. The van der Waals surface area contributed by atoms with Crippen LogP contribution in [0.1, 0.15) is 18.1 Å². The van der Waals surface area contributed by atoms with Crippen molar-refractivity contribution in [3.63, 3.8) is 0 Å². The maximum absolute atomic E-state index is 10.7. The Morgan fingerprint density at radius 1 is 1.00 bits per heavy atom. The molecule has 104 valence electrons. The van der Waals surface area contributed by atoms with Crippen molar-refractivity contribution in [1.82, 2.24) is 0 Å². The third-order valence-corrected chi connectivity index (χ3v) is 3.42. The minimum absolute atomic E-state index is 0.352. The Kier molecular flexibility index (Phi) is 4.53. The molecular weight excluding hydrogens is 250 g/mol. The van der Waals surface area contributed by atoms with Crippen molar-refractivity contribution < 1.29 is 9.90 Å². The van der Waals surface area contributed by atoms with Crippen molar-refractivity contribution in [2.24, 2.45) is 5.73 Å². The summed E-state index contributed by atoms with van der Waals surface area (Å²) in [6.45, 7) is 2.13. The second-order valence-electron chi connectivity index (χ2n) is 4.90. The van der Waals surface area contributed by atoms with E-state index in [1.807, 2.05) is 24.3 Å². The molecule has 0 fully saturated rings. The van der Waals surface area contributed by atoms with Gasteiger partial charge < -0.3 is 10.8 Å². The number of rotatable bonds is 5. The molecule has 3 heteroatoms. The molecule has 0 amide bonds. The normalized spacial score (nSPS) is 12.1. The van der Waals surface area contributed by atoms with Crippen LogP contribution in [0.25, 0.3) is 11.1 Å². The summed E-state index contributed by atoms with van der Waals surface area (Å²) in [7, 11) is 0. The number of hydrogen-bond acceptors (Lipinski definition) is 2. The molecule has 0 aliphatic rings. The molecule has 0 aliphatic carbocycles. The first kappa shape index (κ1) is 14.3. The van der Waals surface area contributed by atoms with Crippen molar-refractivity contribution in [3.8, 4) is 11.1 Å². The van der Waals surface area contributed by atoms with Crippen LogP contribution in [0, 0.1) is 0 Å². The Morgan fingerprint density at radius 2 is 1.45 bits per heavy atom. The van der Waals surface area contributed by atoms with Crippen molar-refractivity contribution in [3.05, 3.63) is 59.7 Å². The van der Waals surface area contributed by atoms with E-state index >= 15 is 0 Å². The van der Waals surface area contributed by atoms with Crippen molar-refractivity contribution in [2.45, 2.75) is 25.8 Å². The van der Waals surface area contributed by atoms with Gasteiger partial charge in [0, 0.05) is 0 Å². The van der Waals surface area contributed by atoms with Gasteiger partial charge in [-0.2, -0.15) is 0 Å². The molecule has 0 saturated heterocycles. The lowest BCUT2D eigenvalue weighted by atomic mass is 10.00. The molecule has 3 nitrogen and oxygen atoms in total. The van der Waals surface area contributed by atoms with Crippen LogP contribution in [0.4, 0.5) is 0 Å². The summed E-state index contributed by atoms with van der Waals surface area (Å²) in [6.07, 6.45) is 1.39. The number of nitrogens with two attached hydrogens (primary N) is 1. The summed E-state index contributed by atoms with van der Waals surface area (Å²) < 4.78 is 0. The first-order valence-electron chi connectivity index (χ1n) is 6.76. The Hall–Kier alpha value is -2.13. The van der Waals surface area contributed by atoms with Gasteiger partial charge in [0.05, 0.1) is 0 Å². The lowest BCUT2D eigenvalue weighted by molar-refractivity contribution is -0.138. The fraction of sp³-hybridized carbons (Fsp3) is 0.235. The topological polar surface area (TPSA) is 63.3 Å². The monoisotopic (exact) mass is 269 g/mol. The number of aryl methyl sites for hydroxylation is 1. The van der Waals surface area contributed by atoms with Crippen LogP contribution in [0.5, 0.6) is 0 Å². The number of carboxylic acid groups (broad SMARTS) is 1. The zero-order valence-electron chi connectivity index (χ0n) is 11.5. The molecule has 20 heavy (non-hydrogen) atoms. The highest BCUT2D eigenvalue weighted by atomic mass is 16.4. The van der Waals surface area contributed by atoms with Gasteiger partial charge in [0.15, 0.2) is 0 Å². The maximum Gasteiger partial charge on any atom is 0.320 e. The molecule has 0 bridgehead atoms. The molecule has 0 spiro atoms. The van der Waals surface area contributed by atoms with Gasteiger partial charge in [-0.1, -0.05) is 55.5 Å². The van der Waals surface area contributed by atoms with E-state index in [4.69, 9.17) is 10.8 Å². The molecule has 1 unspecified atom stereocenters. The van der Waals surface area contributed by atoms with E-state index < -0.39 is 12.0 Å². The molecule has 2 aromatic carbocycles. The molecule has 3 N–H and O–H groups in total. The number of carbonyl (C=O) groups is 1. The summed E-state index contributed by atoms with van der Waals surface area (Å²) in [5.74, 6) is -0.968. The lowest BCUT2D eigenvalue weighted by Gasteiger charge is -2.08. The van der Waals surface area contributed by atoms with Gasteiger partial charge in [0.1, 0.15) is 6.04 Å². The summed E-state index contributed by atoms with van der Waals surface area (Å²) >= 11 is 0. The zero-order chi connectivity index (χ0) is 14.5. The quantitative estimate of drug-likeness (QED) is 0.877. The van der Waals surface area contributed by atoms with Crippen molar-refractivity contribution >= 4 is 5.97 Å². The van der Waals surface area contributed by atoms with Crippen LogP contribution in [0.3, 0.4) is 0 Å². The average Bonchev–Trinajstić information content (AvgIpc) is 2.48. The Morgan fingerprint density at radius 3 is 1.85 bits per heavy atom. The predicted molar refractivity (Wildman–Crippen MR) is 80.6 cm³/mol. The second-order valence-corrected chi connectivity index (χ2v) is 4.90. The number of carboxylic acids is 1. The van der Waals surface area contributed by atoms with Crippen LogP contribution in [0.15, 0.2) is 48.5 Å². The van der Waals surface area contributed by atoms with Gasteiger partial charge >= 0.3 is 5.97 Å². The van der Waals surface area contributed by atoms with Gasteiger partial charge in [-0.15, -0.1) is 0 Å². The summed E-state index contributed by atoms with van der Waals surface area (Å²) in [5, 5.41) is 8.80. The van der Waals surface area contributed by atoms with E-state index in [1.54, 1.807) is 0 Å². The predicted octanol–water partition coefficient (Wildman–Crippen LogP) is 2.87. The Labute approximate surface area is 119 Å². The van der Waals surface area contributed by atoms with Gasteiger partial charge in [-0.3, -0.25) is 4.79 Å². The SMILES string of the molecule is CCc1ccc(-c2ccc(CC(N)C(=O)O)cc2)cc1. The number of hydrogen-bond donors (Lipinski definition) is 2. The maximum atomic E-state index is 10.7. The lowest BCUT2D eigenvalue weighted by Crippen LogP contribution is -2.32. The average molecular weight is 269 g/mol. The van der Waals surface area contributed by atoms with Gasteiger partial charge in [-0.25, -0.2) is 0 Å². The third-order valence-electron chi connectivity index (χ3n) is 3.42. The standard InChI is InChI=1S/C17H19NO2/c1-2-12-3-7-14(8-4-12)15-9-5-13(6-10-15)11-16(18)17(19)20/h3-10,16H,2,11,18H2,1H3,(H,19,20). The molecule has 0 aromatic heterocycles. The van der Waals surface area contributed by atoms with E-state index in [-0.39, 0.29) is 0 Å². The van der Waals surface area contributed by atoms with E-state index in [1.165, 1.54) is 5.56 Å². The molecular formula is C17H19NO2. The van der Waals surface area contributed by atoms with Crippen molar-refractivity contribution in [2.75, 3.05) is 0 Å². The highest BCUT2D eigenvalue weighted by Crippen LogP contribution is 2.21. The summed E-state index contributed by atoms with van der Waals surface area (Å²) in [6, 6.07) is 15.5. The van der Waals surface area contributed by atoms with E-state index in [0.717, 1.165) is 23.1 Å². The van der Waals surface area contributed by atoms with Gasteiger partial charge in [0.25, 0.3) is 0 Å². The first-order chi connectivity index (χ1) is 9.60. The van der Waals surface area contributed by atoms with Crippen LogP contribution in [-0.4, -0.2) is 17.1 Å². The molecule has 1 atom stereocenters. The number of benzene rings is 2. The molecule has 0 aliphatic heterocycles. The largest absolute Gasteiger partial charge is 0.480 e. The minimum Gasteiger partial charge on any atom is -0.480 e. The molecule has 0 saturated carbocycles. The third kappa shape index (κ3) is 3.45. The minimum atomic E-state index is -0.968. The highest BCUT2D eigenvalue weighted by Gasteiger charge is 2.11. The Balaban J connectivity index is 2.12.